The lowest BCUT2D eigenvalue weighted by Gasteiger charge is -2.08. The van der Waals surface area contributed by atoms with Crippen molar-refractivity contribution in [2.24, 2.45) is 15.9 Å². The Labute approximate surface area is 128 Å². The fraction of sp³-hybridized carbons (Fsp3) is 0.357. The summed E-state index contributed by atoms with van der Waals surface area (Å²) in [6, 6.07) is 3.95. The van der Waals surface area contributed by atoms with Crippen LogP contribution in [0.2, 0.25) is 0 Å². The second kappa shape index (κ2) is 7.41. The van der Waals surface area contributed by atoms with Crippen molar-refractivity contribution in [1.82, 2.24) is 10.3 Å². The van der Waals surface area contributed by atoms with Crippen LogP contribution in [0.25, 0.3) is 0 Å². The van der Waals surface area contributed by atoms with Gasteiger partial charge < -0.3 is 5.32 Å². The third-order valence-corrected chi connectivity index (χ3v) is 3.35. The maximum absolute atomic E-state index is 6.01. The quantitative estimate of drug-likeness (QED) is 0.867. The van der Waals surface area contributed by atoms with E-state index in [9.17, 15) is 0 Å². The van der Waals surface area contributed by atoms with Crippen LogP contribution in [0, 0.1) is 5.92 Å². The molecule has 1 aliphatic heterocycles. The topological polar surface area (TPSA) is 49.6 Å². The number of aromatic nitrogens is 1. The average Bonchev–Trinajstić information content (AvgIpc) is 2.58. The summed E-state index contributed by atoms with van der Waals surface area (Å²) in [7, 11) is 0. The number of halogens is 2. The third kappa shape index (κ3) is 4.32. The molecule has 1 N–H and O–H groups in total. The molecule has 2 rings (SSSR count). The molecule has 0 aromatic carbocycles. The summed E-state index contributed by atoms with van der Waals surface area (Å²) in [5.41, 5.74) is 1.15. The maximum atomic E-state index is 6.01. The number of hydrogen-bond acceptors (Lipinski definition) is 3. The van der Waals surface area contributed by atoms with E-state index < -0.39 is 0 Å². The number of pyridine rings is 1. The molecule has 1 aromatic rings. The molecule has 106 valence electrons. The highest BCUT2D eigenvalue weighted by Crippen LogP contribution is 2.17. The summed E-state index contributed by atoms with van der Waals surface area (Å²) < 4.78 is 0. The van der Waals surface area contributed by atoms with Crippen molar-refractivity contribution in [3.8, 4) is 0 Å². The van der Waals surface area contributed by atoms with Crippen LogP contribution in [-0.4, -0.2) is 22.7 Å². The van der Waals surface area contributed by atoms with Gasteiger partial charge in [0.25, 0.3) is 0 Å². The van der Waals surface area contributed by atoms with E-state index in [1.807, 2.05) is 24.4 Å². The maximum Gasteiger partial charge on any atom is 0.202 e. The molecular weight excluding hydrogens is 295 g/mol. The van der Waals surface area contributed by atoms with E-state index in [1.165, 1.54) is 0 Å². The van der Waals surface area contributed by atoms with Gasteiger partial charge in [-0.15, -0.1) is 0 Å². The Hall–Kier alpha value is -1.39. The lowest BCUT2D eigenvalue weighted by Crippen LogP contribution is -2.14. The van der Waals surface area contributed by atoms with Gasteiger partial charge in [-0.2, -0.15) is 0 Å². The summed E-state index contributed by atoms with van der Waals surface area (Å²) in [5, 5.41) is 3.54. The second-order valence-corrected chi connectivity index (χ2v) is 5.17. The van der Waals surface area contributed by atoms with Gasteiger partial charge in [0.15, 0.2) is 0 Å². The zero-order valence-electron chi connectivity index (χ0n) is 11.2. The Balaban J connectivity index is 2.08. The zero-order chi connectivity index (χ0) is 14.4. The number of rotatable bonds is 4. The minimum Gasteiger partial charge on any atom is -0.321 e. The molecule has 1 atom stereocenters. The summed E-state index contributed by atoms with van der Waals surface area (Å²) in [5.74, 6) is 0.796. The molecule has 20 heavy (non-hydrogen) atoms. The molecule has 6 heteroatoms. The highest BCUT2D eigenvalue weighted by molar-refractivity contribution is 6.66. The Morgan fingerprint density at radius 1 is 1.40 bits per heavy atom. The van der Waals surface area contributed by atoms with Crippen LogP contribution in [-0.2, 0) is 6.42 Å². The van der Waals surface area contributed by atoms with Gasteiger partial charge in [-0.3, -0.25) is 9.98 Å². The molecule has 0 fully saturated rings. The van der Waals surface area contributed by atoms with E-state index in [2.05, 4.69) is 27.2 Å². The van der Waals surface area contributed by atoms with Gasteiger partial charge in [0.1, 0.15) is 11.0 Å². The first-order valence-corrected chi connectivity index (χ1v) is 7.26. The van der Waals surface area contributed by atoms with E-state index in [0.29, 0.717) is 17.5 Å². The summed E-state index contributed by atoms with van der Waals surface area (Å²) >= 11 is 12.0. The van der Waals surface area contributed by atoms with Crippen LogP contribution in [0.15, 0.2) is 45.7 Å². The van der Waals surface area contributed by atoms with Crippen LogP contribution in [0.5, 0.6) is 0 Å². The van der Waals surface area contributed by atoms with E-state index in [1.54, 1.807) is 6.20 Å². The van der Waals surface area contributed by atoms with E-state index >= 15 is 0 Å². The molecule has 0 saturated carbocycles. The first-order valence-electron chi connectivity index (χ1n) is 6.51. The van der Waals surface area contributed by atoms with Crippen molar-refractivity contribution in [3.63, 3.8) is 0 Å². The first-order chi connectivity index (χ1) is 9.69. The largest absolute Gasteiger partial charge is 0.321 e. The van der Waals surface area contributed by atoms with Crippen molar-refractivity contribution < 1.29 is 0 Å². The molecule has 0 spiro atoms. The van der Waals surface area contributed by atoms with E-state index in [-0.39, 0.29) is 11.2 Å². The smallest absolute Gasteiger partial charge is 0.202 e. The lowest BCUT2D eigenvalue weighted by molar-refractivity contribution is 0.794. The summed E-state index contributed by atoms with van der Waals surface area (Å²) in [6.07, 6.45) is 7.20. The molecule has 1 aliphatic rings. The predicted molar refractivity (Wildman–Crippen MR) is 84.4 cm³/mol. The van der Waals surface area contributed by atoms with Crippen molar-refractivity contribution in [1.29, 1.82) is 0 Å². The molecule has 0 saturated heterocycles. The fourth-order valence-corrected chi connectivity index (χ4v) is 2.38. The van der Waals surface area contributed by atoms with Crippen LogP contribution in [0.3, 0.4) is 0 Å². The first kappa shape index (κ1) is 15.0. The summed E-state index contributed by atoms with van der Waals surface area (Å²) in [6.45, 7) is 2.72. The predicted octanol–water partition coefficient (Wildman–Crippen LogP) is 3.33. The SMILES string of the molecule is CCC1C=C(Cl)NC(Cl)=NC1=NCCc1cccnc1. The van der Waals surface area contributed by atoms with E-state index in [0.717, 1.165) is 18.4 Å². The van der Waals surface area contributed by atoms with Crippen LogP contribution in [0.1, 0.15) is 18.9 Å². The molecule has 4 nitrogen and oxygen atoms in total. The van der Waals surface area contributed by atoms with Gasteiger partial charge in [-0.25, -0.2) is 4.99 Å². The van der Waals surface area contributed by atoms with Crippen molar-refractivity contribution in [3.05, 3.63) is 41.3 Å². The van der Waals surface area contributed by atoms with Crippen molar-refractivity contribution in [2.75, 3.05) is 6.54 Å². The molecule has 2 heterocycles. The normalized spacial score (nSPS) is 20.9. The van der Waals surface area contributed by atoms with Crippen LogP contribution >= 0.6 is 23.2 Å². The van der Waals surface area contributed by atoms with Gasteiger partial charge >= 0.3 is 0 Å². The molecule has 0 amide bonds. The Morgan fingerprint density at radius 3 is 2.95 bits per heavy atom. The van der Waals surface area contributed by atoms with Crippen molar-refractivity contribution in [2.45, 2.75) is 19.8 Å². The highest BCUT2D eigenvalue weighted by atomic mass is 35.5. The number of nitrogens with one attached hydrogen (secondary N) is 1. The third-order valence-electron chi connectivity index (χ3n) is 2.95. The number of nitrogens with zero attached hydrogens (tertiary/aromatic N) is 3. The minimum absolute atomic E-state index is 0.0835. The number of amidine groups is 2. The van der Waals surface area contributed by atoms with Gasteiger partial charge in [-0.05, 0) is 42.1 Å². The fourth-order valence-electron chi connectivity index (χ4n) is 1.90. The van der Waals surface area contributed by atoms with Gasteiger partial charge in [0, 0.05) is 24.9 Å². The standard InChI is InChI=1S/C14H16Cl2N4/c1-2-11-8-12(15)19-14(16)20-13(11)18-7-5-10-4-3-6-17-9-10/h3-4,6,8-9,11H,2,5,7H2,1H3,(H,18,19,20). The Morgan fingerprint density at radius 2 is 2.25 bits per heavy atom. The Bertz CT molecular complexity index is 537. The molecular formula is C14H16Cl2N4. The highest BCUT2D eigenvalue weighted by Gasteiger charge is 2.16. The van der Waals surface area contributed by atoms with Crippen LogP contribution < -0.4 is 5.32 Å². The molecule has 1 unspecified atom stereocenters. The van der Waals surface area contributed by atoms with Gasteiger partial charge in [0.05, 0.1) is 0 Å². The van der Waals surface area contributed by atoms with Crippen molar-refractivity contribution >= 4 is 34.3 Å². The Kier molecular flexibility index (Phi) is 5.56. The van der Waals surface area contributed by atoms with Crippen LogP contribution in [0.4, 0.5) is 0 Å². The zero-order valence-corrected chi connectivity index (χ0v) is 12.7. The molecule has 1 aromatic heterocycles. The number of hydrogen-bond donors (Lipinski definition) is 1. The molecule has 0 radical (unpaired) electrons. The lowest BCUT2D eigenvalue weighted by atomic mass is 10.1. The average molecular weight is 311 g/mol. The summed E-state index contributed by atoms with van der Waals surface area (Å²) in [4.78, 5) is 12.9. The molecule has 0 bridgehead atoms. The molecule has 0 aliphatic carbocycles. The second-order valence-electron chi connectivity index (χ2n) is 4.41. The minimum atomic E-state index is 0.0835. The number of aliphatic imine (C=N–C) groups is 2. The van der Waals surface area contributed by atoms with Gasteiger partial charge in [0.2, 0.25) is 5.29 Å². The monoisotopic (exact) mass is 310 g/mol. The van der Waals surface area contributed by atoms with Gasteiger partial charge in [-0.1, -0.05) is 24.6 Å². The van der Waals surface area contributed by atoms with E-state index in [4.69, 9.17) is 23.2 Å².